The molecule has 1 aliphatic heterocycles. The van der Waals surface area contributed by atoms with Crippen LogP contribution in [0.25, 0.3) is 10.9 Å². The zero-order valence-corrected chi connectivity index (χ0v) is 16.4. The summed E-state index contributed by atoms with van der Waals surface area (Å²) in [4.78, 5) is 44.4. The van der Waals surface area contributed by atoms with Crippen molar-refractivity contribution in [2.24, 2.45) is 35.5 Å². The van der Waals surface area contributed by atoms with E-state index in [0.29, 0.717) is 28.8 Å². The van der Waals surface area contributed by atoms with Gasteiger partial charge in [0.1, 0.15) is 12.3 Å². The van der Waals surface area contributed by atoms with Crippen LogP contribution in [0.1, 0.15) is 6.42 Å². The maximum Gasteiger partial charge on any atom is 0.244 e. The van der Waals surface area contributed by atoms with Crippen molar-refractivity contribution in [2.75, 3.05) is 19.0 Å². The number of likely N-dealkylation sites (tertiary alicyclic amines) is 1. The number of benzene rings is 1. The van der Waals surface area contributed by atoms with Crippen LogP contribution in [-0.4, -0.2) is 41.3 Å². The molecule has 0 spiro atoms. The number of hydrogen-bond donors (Lipinski definition) is 1. The molecule has 5 aliphatic rings. The van der Waals surface area contributed by atoms with Gasteiger partial charge in [-0.25, -0.2) is 0 Å². The van der Waals surface area contributed by atoms with Crippen LogP contribution < -0.4 is 10.1 Å². The Labute approximate surface area is 173 Å². The first kappa shape index (κ1) is 17.6. The average Bonchev–Trinajstić information content (AvgIpc) is 3.54. The molecule has 2 saturated carbocycles. The maximum atomic E-state index is 13.1. The number of nitrogens with one attached hydrogen (secondary N) is 1. The Morgan fingerprint density at radius 1 is 1.13 bits per heavy atom. The lowest BCUT2D eigenvalue weighted by atomic mass is 9.63. The quantitative estimate of drug-likeness (QED) is 0.625. The van der Waals surface area contributed by atoms with Crippen LogP contribution in [-0.2, 0) is 14.4 Å². The molecule has 6 atom stereocenters. The predicted molar refractivity (Wildman–Crippen MR) is 108 cm³/mol. The molecule has 1 aromatic heterocycles. The molecule has 152 valence electrons. The molecule has 3 amide bonds. The number of carbonyl (C=O) groups is 3. The van der Waals surface area contributed by atoms with Crippen molar-refractivity contribution in [3.05, 3.63) is 42.6 Å². The number of amides is 3. The summed E-state index contributed by atoms with van der Waals surface area (Å²) in [5.74, 6) is 0.704. The standard InChI is InChI=1S/C23H21N3O4/c1-30-17-7-8-24-21-13(17)3-2-4-16(21)25-18(27)10-26-22(28)19-11-5-6-12(15-9-14(11)15)20(19)23(26)29/h2-8,11-12,14-15,19-20H,9-10H2,1H3,(H,25,27)/t11-,12-,14-,15+,19-,20+/m0/s1. The van der Waals surface area contributed by atoms with Crippen LogP contribution in [0, 0.1) is 35.5 Å². The van der Waals surface area contributed by atoms with Gasteiger partial charge >= 0.3 is 0 Å². The normalized spacial score (nSPS) is 32.9. The Bertz CT molecular complexity index is 1110. The van der Waals surface area contributed by atoms with Crippen LogP contribution in [0.5, 0.6) is 5.75 Å². The topological polar surface area (TPSA) is 88.6 Å². The SMILES string of the molecule is COc1ccnc2c(NC(=O)CN3C(=O)[C@@H]4[C@H]5C=C[C@@H]([C@@H]6C[C@H]56)[C@@H]4C3=O)cccc12. The number of methoxy groups -OCH3 is 1. The van der Waals surface area contributed by atoms with Gasteiger partial charge in [-0.2, -0.15) is 0 Å². The van der Waals surface area contributed by atoms with Crippen LogP contribution >= 0.6 is 0 Å². The fourth-order valence-electron chi connectivity index (χ4n) is 5.94. The number of imide groups is 1. The smallest absolute Gasteiger partial charge is 0.244 e. The zero-order chi connectivity index (χ0) is 20.6. The summed E-state index contributed by atoms with van der Waals surface area (Å²) in [6.45, 7) is -0.264. The first-order valence-electron chi connectivity index (χ1n) is 10.3. The van der Waals surface area contributed by atoms with Gasteiger partial charge in [-0.1, -0.05) is 18.2 Å². The largest absolute Gasteiger partial charge is 0.496 e. The second-order valence-electron chi connectivity index (χ2n) is 8.68. The van der Waals surface area contributed by atoms with E-state index in [-0.39, 0.29) is 42.0 Å². The molecule has 7 rings (SSSR count). The van der Waals surface area contributed by atoms with Gasteiger partial charge in [-0.3, -0.25) is 24.3 Å². The van der Waals surface area contributed by atoms with Gasteiger partial charge < -0.3 is 10.1 Å². The van der Waals surface area contributed by atoms with Crippen molar-refractivity contribution < 1.29 is 19.1 Å². The Morgan fingerprint density at radius 2 is 1.83 bits per heavy atom. The van der Waals surface area contributed by atoms with Gasteiger partial charge in [0.25, 0.3) is 0 Å². The van der Waals surface area contributed by atoms with Gasteiger partial charge in [0.15, 0.2) is 0 Å². The third kappa shape index (κ3) is 2.32. The van der Waals surface area contributed by atoms with E-state index in [0.717, 1.165) is 11.8 Å². The summed E-state index contributed by atoms with van der Waals surface area (Å²) in [6.07, 6.45) is 6.99. The van der Waals surface area contributed by atoms with Gasteiger partial charge in [-0.05, 0) is 48.3 Å². The monoisotopic (exact) mass is 403 g/mol. The van der Waals surface area contributed by atoms with E-state index in [1.165, 1.54) is 4.90 Å². The molecule has 7 nitrogen and oxygen atoms in total. The molecule has 1 aromatic carbocycles. The molecule has 0 radical (unpaired) electrons. The van der Waals surface area contributed by atoms with E-state index < -0.39 is 5.91 Å². The van der Waals surface area contributed by atoms with Crippen LogP contribution in [0.4, 0.5) is 5.69 Å². The lowest BCUT2D eigenvalue weighted by molar-refractivity contribution is -0.142. The predicted octanol–water partition coefficient (Wildman–Crippen LogP) is 2.24. The van der Waals surface area contributed by atoms with E-state index >= 15 is 0 Å². The number of para-hydroxylation sites is 1. The Balaban J connectivity index is 1.23. The van der Waals surface area contributed by atoms with Crippen molar-refractivity contribution in [1.82, 2.24) is 9.88 Å². The fourth-order valence-corrected chi connectivity index (χ4v) is 5.94. The highest BCUT2D eigenvalue weighted by Crippen LogP contribution is 2.65. The maximum absolute atomic E-state index is 13.1. The van der Waals surface area contributed by atoms with Gasteiger partial charge in [0.2, 0.25) is 17.7 Å². The van der Waals surface area contributed by atoms with E-state index in [9.17, 15) is 14.4 Å². The van der Waals surface area contributed by atoms with Gasteiger partial charge in [-0.15, -0.1) is 0 Å². The van der Waals surface area contributed by atoms with Crippen molar-refractivity contribution in [2.45, 2.75) is 6.42 Å². The average molecular weight is 403 g/mol. The second-order valence-corrected chi connectivity index (χ2v) is 8.68. The molecule has 1 saturated heterocycles. The second kappa shape index (κ2) is 6.14. The molecule has 4 aliphatic carbocycles. The Morgan fingerprint density at radius 3 is 2.50 bits per heavy atom. The number of pyridine rings is 1. The molecule has 2 heterocycles. The molecular formula is C23H21N3O4. The summed E-state index contributed by atoms with van der Waals surface area (Å²) in [6, 6.07) is 7.17. The molecule has 7 heteroatoms. The number of nitrogens with zero attached hydrogens (tertiary/aromatic N) is 2. The lowest BCUT2D eigenvalue weighted by Gasteiger charge is -2.37. The molecule has 0 unspecified atom stereocenters. The van der Waals surface area contributed by atoms with Crippen molar-refractivity contribution >= 4 is 34.3 Å². The number of aromatic nitrogens is 1. The van der Waals surface area contributed by atoms with E-state index in [2.05, 4.69) is 22.5 Å². The van der Waals surface area contributed by atoms with E-state index in [4.69, 9.17) is 4.74 Å². The van der Waals surface area contributed by atoms with Crippen molar-refractivity contribution in [3.8, 4) is 5.75 Å². The number of rotatable bonds is 4. The highest BCUT2D eigenvalue weighted by Gasteiger charge is 2.67. The summed E-state index contributed by atoms with van der Waals surface area (Å²) in [7, 11) is 1.58. The molecule has 2 bridgehead atoms. The van der Waals surface area contributed by atoms with E-state index in [1.54, 1.807) is 31.5 Å². The number of allylic oxidation sites excluding steroid dienone is 2. The van der Waals surface area contributed by atoms with Crippen LogP contribution in [0.15, 0.2) is 42.6 Å². The minimum Gasteiger partial charge on any atom is -0.496 e. The Kier molecular flexibility index (Phi) is 3.61. The highest BCUT2D eigenvalue weighted by atomic mass is 16.5. The third-order valence-electron chi connectivity index (χ3n) is 7.28. The third-order valence-corrected chi connectivity index (χ3v) is 7.28. The summed E-state index contributed by atoms with van der Waals surface area (Å²) in [5, 5.41) is 3.60. The van der Waals surface area contributed by atoms with Crippen LogP contribution in [0.2, 0.25) is 0 Å². The number of hydrogen-bond acceptors (Lipinski definition) is 5. The molecule has 30 heavy (non-hydrogen) atoms. The van der Waals surface area contributed by atoms with Crippen molar-refractivity contribution in [3.63, 3.8) is 0 Å². The minimum atomic E-state index is -0.405. The first-order valence-corrected chi connectivity index (χ1v) is 10.3. The number of anilines is 1. The zero-order valence-electron chi connectivity index (χ0n) is 16.4. The lowest BCUT2D eigenvalue weighted by Crippen LogP contribution is -2.40. The summed E-state index contributed by atoms with van der Waals surface area (Å²) >= 11 is 0. The minimum absolute atomic E-state index is 0.157. The van der Waals surface area contributed by atoms with E-state index in [1.807, 2.05) is 6.07 Å². The number of fused-ring (bicyclic) bond motifs is 1. The van der Waals surface area contributed by atoms with Gasteiger partial charge in [0, 0.05) is 11.6 Å². The molecule has 3 fully saturated rings. The number of ether oxygens (including phenoxy) is 1. The highest BCUT2D eigenvalue weighted by molar-refractivity contribution is 6.10. The first-order chi connectivity index (χ1) is 14.6. The summed E-state index contributed by atoms with van der Waals surface area (Å²) < 4.78 is 5.36. The summed E-state index contributed by atoms with van der Waals surface area (Å²) in [5.41, 5.74) is 1.12. The fraction of sp³-hybridized carbons (Fsp3) is 0.391. The molecule has 1 N–H and O–H groups in total. The molecule has 2 aromatic rings. The number of carbonyl (C=O) groups excluding carboxylic acids is 3. The van der Waals surface area contributed by atoms with Crippen molar-refractivity contribution in [1.29, 1.82) is 0 Å². The Hall–Kier alpha value is -3.22. The van der Waals surface area contributed by atoms with Gasteiger partial charge in [0.05, 0.1) is 30.1 Å². The molecular weight excluding hydrogens is 382 g/mol. The van der Waals surface area contributed by atoms with Crippen LogP contribution in [0.3, 0.4) is 0 Å².